The molecule has 1 aliphatic heterocycles. The largest absolute Gasteiger partial charge is 0.497 e. The number of nitrogens with zero attached hydrogens (tertiary/aromatic N) is 2. The third-order valence-electron chi connectivity index (χ3n) is 6.53. The smallest absolute Gasteiger partial charge is 0.338 e. The van der Waals surface area contributed by atoms with E-state index in [1.165, 1.54) is 15.9 Å². The molecule has 5 rings (SSSR count). The van der Waals surface area contributed by atoms with E-state index in [-0.39, 0.29) is 18.8 Å². The van der Waals surface area contributed by atoms with Gasteiger partial charge in [-0.3, -0.25) is 9.36 Å². The number of esters is 1. The average molecular weight is 610 g/mol. The molecule has 210 valence electrons. The number of benzene rings is 3. The first-order chi connectivity index (χ1) is 19.8. The summed E-state index contributed by atoms with van der Waals surface area (Å²) in [5.41, 5.74) is 2.61. The molecule has 0 bridgehead atoms. The van der Waals surface area contributed by atoms with E-state index in [9.17, 15) is 9.59 Å². The standard InChI is InChI=1S/C31H26Cl2N2O5S/c1-4-39-30(37)27-18(2)34-31-35(28(27)19-9-7-10-23(15-19)38-3)29(36)26(41-31)16-21-14-22(32)12-13-25(21)40-17-20-8-5-6-11-24(20)33/h5-16,28H,4,17H2,1-3H3/b26-16-/t28-/m0/s1. The SMILES string of the molecule is CCOC(=O)C1=C(C)N=c2s/c(=C\c3cc(Cl)ccc3OCc3ccccc3Cl)c(=O)n2[C@H]1c1cccc(OC)c1. The van der Waals surface area contributed by atoms with Crippen molar-refractivity contribution in [2.75, 3.05) is 13.7 Å². The van der Waals surface area contributed by atoms with Gasteiger partial charge < -0.3 is 14.2 Å². The van der Waals surface area contributed by atoms with Gasteiger partial charge in [-0.25, -0.2) is 9.79 Å². The Kier molecular flexibility index (Phi) is 8.63. The van der Waals surface area contributed by atoms with Crippen LogP contribution in [0.15, 0.2) is 87.8 Å². The van der Waals surface area contributed by atoms with Crippen molar-refractivity contribution >= 4 is 46.6 Å². The van der Waals surface area contributed by atoms with Crippen LogP contribution in [0, 0.1) is 0 Å². The first kappa shape index (κ1) is 28.7. The molecule has 1 aliphatic rings. The van der Waals surface area contributed by atoms with Crippen molar-refractivity contribution in [1.29, 1.82) is 0 Å². The second-order valence-electron chi connectivity index (χ2n) is 9.14. The molecule has 0 spiro atoms. The molecule has 7 nitrogen and oxygen atoms in total. The maximum absolute atomic E-state index is 14.0. The predicted molar refractivity (Wildman–Crippen MR) is 161 cm³/mol. The first-order valence-corrected chi connectivity index (χ1v) is 14.4. The van der Waals surface area contributed by atoms with Crippen LogP contribution in [-0.2, 0) is 16.1 Å². The van der Waals surface area contributed by atoms with E-state index in [1.54, 1.807) is 63.4 Å². The lowest BCUT2D eigenvalue weighted by Crippen LogP contribution is -2.39. The molecule has 0 saturated carbocycles. The highest BCUT2D eigenvalue weighted by Crippen LogP contribution is 2.32. The molecule has 3 aromatic carbocycles. The van der Waals surface area contributed by atoms with Crippen molar-refractivity contribution in [2.24, 2.45) is 4.99 Å². The van der Waals surface area contributed by atoms with Gasteiger partial charge in [-0.15, -0.1) is 0 Å². The summed E-state index contributed by atoms with van der Waals surface area (Å²) in [5.74, 6) is 0.607. The maximum Gasteiger partial charge on any atom is 0.338 e. The number of rotatable bonds is 8. The van der Waals surface area contributed by atoms with Crippen LogP contribution in [-0.4, -0.2) is 24.3 Å². The minimum atomic E-state index is -0.752. The van der Waals surface area contributed by atoms with Gasteiger partial charge in [0.05, 0.1) is 35.6 Å². The number of fused-ring (bicyclic) bond motifs is 1. The van der Waals surface area contributed by atoms with E-state index in [2.05, 4.69) is 4.99 Å². The van der Waals surface area contributed by atoms with Crippen molar-refractivity contribution in [3.05, 3.63) is 124 Å². The molecule has 0 aliphatic carbocycles. The van der Waals surface area contributed by atoms with Crippen LogP contribution in [0.25, 0.3) is 6.08 Å². The van der Waals surface area contributed by atoms with Crippen LogP contribution in [0.4, 0.5) is 0 Å². The number of carbonyl (C=O) groups excluding carboxylic acids is 1. The lowest BCUT2D eigenvalue weighted by molar-refractivity contribution is -0.139. The number of ether oxygens (including phenoxy) is 3. The molecule has 10 heteroatoms. The number of methoxy groups -OCH3 is 1. The van der Waals surface area contributed by atoms with Gasteiger partial charge in [0.1, 0.15) is 18.1 Å². The monoisotopic (exact) mass is 608 g/mol. The van der Waals surface area contributed by atoms with Crippen molar-refractivity contribution in [3.8, 4) is 11.5 Å². The number of allylic oxidation sites excluding steroid dienone is 1. The molecule has 0 N–H and O–H groups in total. The van der Waals surface area contributed by atoms with Crippen molar-refractivity contribution in [2.45, 2.75) is 26.5 Å². The zero-order valence-corrected chi connectivity index (χ0v) is 24.8. The Morgan fingerprint density at radius 3 is 2.66 bits per heavy atom. The molecule has 0 fully saturated rings. The number of carbonyl (C=O) groups is 1. The number of aromatic nitrogens is 1. The molecule has 1 atom stereocenters. The molecule has 0 radical (unpaired) electrons. The zero-order chi connectivity index (χ0) is 29.1. The van der Waals surface area contributed by atoms with Gasteiger partial charge in [0.2, 0.25) is 0 Å². The highest BCUT2D eigenvalue weighted by atomic mass is 35.5. The average Bonchev–Trinajstić information content (AvgIpc) is 3.26. The molecule has 1 aromatic heterocycles. The quantitative estimate of drug-likeness (QED) is 0.240. The summed E-state index contributed by atoms with van der Waals surface area (Å²) in [4.78, 5) is 32.2. The van der Waals surface area contributed by atoms with Gasteiger partial charge in [-0.1, -0.05) is 64.9 Å². The van der Waals surface area contributed by atoms with E-state index < -0.39 is 12.0 Å². The second kappa shape index (κ2) is 12.3. The summed E-state index contributed by atoms with van der Waals surface area (Å²) in [6.07, 6.45) is 1.73. The molecule has 0 amide bonds. The van der Waals surface area contributed by atoms with Crippen LogP contribution < -0.4 is 24.4 Å². The van der Waals surface area contributed by atoms with Gasteiger partial charge in [0, 0.05) is 21.2 Å². The van der Waals surface area contributed by atoms with Crippen LogP contribution in [0.1, 0.15) is 36.6 Å². The maximum atomic E-state index is 14.0. The summed E-state index contributed by atoms with van der Waals surface area (Å²) in [6.45, 7) is 3.91. The third kappa shape index (κ3) is 5.95. The molecule has 0 unspecified atom stereocenters. The summed E-state index contributed by atoms with van der Waals surface area (Å²) >= 11 is 13.9. The van der Waals surface area contributed by atoms with Gasteiger partial charge in [0.25, 0.3) is 5.56 Å². The fourth-order valence-electron chi connectivity index (χ4n) is 4.59. The Balaban J connectivity index is 1.64. The van der Waals surface area contributed by atoms with E-state index in [4.69, 9.17) is 37.4 Å². The topological polar surface area (TPSA) is 79.1 Å². The van der Waals surface area contributed by atoms with E-state index in [0.717, 1.165) is 5.56 Å². The number of hydrogen-bond donors (Lipinski definition) is 0. The normalized spacial score (nSPS) is 14.9. The first-order valence-electron chi connectivity index (χ1n) is 12.8. The van der Waals surface area contributed by atoms with Crippen LogP contribution in [0.2, 0.25) is 10.0 Å². The molecular weight excluding hydrogens is 583 g/mol. The van der Waals surface area contributed by atoms with E-state index in [1.807, 2.05) is 30.3 Å². The number of thiazole rings is 1. The second-order valence-corrected chi connectivity index (χ2v) is 11.0. The number of halogens is 2. The van der Waals surface area contributed by atoms with Crippen LogP contribution in [0.3, 0.4) is 0 Å². The van der Waals surface area contributed by atoms with Crippen LogP contribution >= 0.6 is 34.5 Å². The molecule has 41 heavy (non-hydrogen) atoms. The Morgan fingerprint density at radius 1 is 1.10 bits per heavy atom. The molecule has 2 heterocycles. The minimum Gasteiger partial charge on any atom is -0.497 e. The highest BCUT2D eigenvalue weighted by molar-refractivity contribution is 7.07. The zero-order valence-electron chi connectivity index (χ0n) is 22.5. The van der Waals surface area contributed by atoms with Gasteiger partial charge >= 0.3 is 5.97 Å². The van der Waals surface area contributed by atoms with Crippen LogP contribution in [0.5, 0.6) is 11.5 Å². The Hall–Kier alpha value is -3.85. The van der Waals surface area contributed by atoms with Crippen molar-refractivity contribution in [1.82, 2.24) is 4.57 Å². The van der Waals surface area contributed by atoms with Crippen molar-refractivity contribution < 1.29 is 19.0 Å². The fraction of sp³-hybridized carbons (Fsp3) is 0.194. The van der Waals surface area contributed by atoms with E-state index in [0.29, 0.717) is 53.3 Å². The molecule has 0 saturated heterocycles. The van der Waals surface area contributed by atoms with Gasteiger partial charge in [-0.05, 0) is 61.9 Å². The highest BCUT2D eigenvalue weighted by Gasteiger charge is 2.33. The number of hydrogen-bond acceptors (Lipinski definition) is 7. The summed E-state index contributed by atoms with van der Waals surface area (Å²) in [7, 11) is 1.56. The third-order valence-corrected chi connectivity index (χ3v) is 8.11. The Bertz CT molecular complexity index is 1840. The molecule has 4 aromatic rings. The molecular formula is C31H26Cl2N2O5S. The summed E-state index contributed by atoms with van der Waals surface area (Å²) < 4.78 is 18.8. The van der Waals surface area contributed by atoms with Crippen molar-refractivity contribution in [3.63, 3.8) is 0 Å². The fourth-order valence-corrected chi connectivity index (χ4v) is 6.00. The predicted octanol–water partition coefficient (Wildman–Crippen LogP) is 5.69. The summed E-state index contributed by atoms with van der Waals surface area (Å²) in [6, 6.07) is 19.2. The Labute approximate surface area is 250 Å². The lowest BCUT2D eigenvalue weighted by Gasteiger charge is -2.25. The van der Waals surface area contributed by atoms with Gasteiger partial charge in [-0.2, -0.15) is 0 Å². The Morgan fingerprint density at radius 2 is 1.90 bits per heavy atom. The van der Waals surface area contributed by atoms with E-state index >= 15 is 0 Å². The lowest BCUT2D eigenvalue weighted by atomic mass is 9.95. The van der Waals surface area contributed by atoms with Gasteiger partial charge in [0.15, 0.2) is 4.80 Å². The minimum absolute atomic E-state index is 0.191. The summed E-state index contributed by atoms with van der Waals surface area (Å²) in [5, 5.41) is 1.09.